The number of ether oxygens (including phenoxy) is 5. The van der Waals surface area contributed by atoms with Gasteiger partial charge in [0, 0.05) is 20.6 Å². The maximum atomic E-state index is 5.51. The molecule has 0 saturated carbocycles. The first kappa shape index (κ1) is 18.1. The molecule has 120 valence electrons. The van der Waals surface area contributed by atoms with E-state index in [0.29, 0.717) is 46.1 Å². The van der Waals surface area contributed by atoms with Gasteiger partial charge in [0.25, 0.3) is 0 Å². The molecule has 0 fully saturated rings. The first-order valence-corrected chi connectivity index (χ1v) is 7.19. The van der Waals surface area contributed by atoms with Crippen LogP contribution in [0.1, 0.15) is 12.0 Å². The SMILES string of the molecule is COC(CCOCCOCCOCc1ccccc1)OC. The summed E-state index contributed by atoms with van der Waals surface area (Å²) in [5.41, 5.74) is 1.17. The lowest BCUT2D eigenvalue weighted by Crippen LogP contribution is -2.17. The summed E-state index contributed by atoms with van der Waals surface area (Å²) in [6.07, 6.45) is 0.519. The maximum Gasteiger partial charge on any atom is 0.159 e. The number of hydrogen-bond acceptors (Lipinski definition) is 5. The third-order valence-electron chi connectivity index (χ3n) is 2.88. The molecule has 0 amide bonds. The van der Waals surface area contributed by atoms with E-state index in [1.54, 1.807) is 14.2 Å². The quantitative estimate of drug-likeness (QED) is 0.413. The van der Waals surface area contributed by atoms with Gasteiger partial charge in [-0.15, -0.1) is 0 Å². The zero-order chi connectivity index (χ0) is 15.2. The van der Waals surface area contributed by atoms with Gasteiger partial charge in [-0.3, -0.25) is 0 Å². The second kappa shape index (κ2) is 12.7. The molecule has 5 heteroatoms. The lowest BCUT2D eigenvalue weighted by Gasteiger charge is -2.13. The molecule has 0 atom stereocenters. The van der Waals surface area contributed by atoms with Gasteiger partial charge in [0.1, 0.15) is 0 Å². The lowest BCUT2D eigenvalue weighted by molar-refractivity contribution is -0.117. The third kappa shape index (κ3) is 9.55. The van der Waals surface area contributed by atoms with Crippen molar-refractivity contribution in [2.24, 2.45) is 0 Å². The van der Waals surface area contributed by atoms with Crippen molar-refractivity contribution < 1.29 is 23.7 Å². The van der Waals surface area contributed by atoms with Crippen LogP contribution >= 0.6 is 0 Å². The lowest BCUT2D eigenvalue weighted by atomic mass is 10.2. The van der Waals surface area contributed by atoms with Crippen LogP contribution in [0.4, 0.5) is 0 Å². The van der Waals surface area contributed by atoms with Crippen molar-refractivity contribution in [2.45, 2.75) is 19.3 Å². The van der Waals surface area contributed by atoms with Crippen molar-refractivity contribution in [2.75, 3.05) is 47.3 Å². The molecule has 0 aliphatic heterocycles. The first-order valence-electron chi connectivity index (χ1n) is 7.19. The molecule has 0 N–H and O–H groups in total. The molecule has 0 saturated heterocycles. The summed E-state index contributed by atoms with van der Waals surface area (Å²) < 4.78 is 26.5. The minimum atomic E-state index is -0.197. The molecule has 0 unspecified atom stereocenters. The van der Waals surface area contributed by atoms with Crippen LogP contribution in [0, 0.1) is 0 Å². The molecule has 1 aromatic rings. The molecule has 1 rings (SSSR count). The second-order valence-electron chi connectivity index (χ2n) is 4.45. The molecule has 0 bridgehead atoms. The monoisotopic (exact) mass is 298 g/mol. The molecule has 1 aromatic carbocycles. The van der Waals surface area contributed by atoms with Crippen LogP contribution in [0.25, 0.3) is 0 Å². The van der Waals surface area contributed by atoms with Crippen LogP contribution in [0.5, 0.6) is 0 Å². The van der Waals surface area contributed by atoms with Gasteiger partial charge >= 0.3 is 0 Å². The van der Waals surface area contributed by atoms with E-state index in [0.717, 1.165) is 0 Å². The highest BCUT2D eigenvalue weighted by Crippen LogP contribution is 2.00. The number of hydrogen-bond donors (Lipinski definition) is 0. The van der Waals surface area contributed by atoms with E-state index in [1.165, 1.54) is 5.56 Å². The van der Waals surface area contributed by atoms with E-state index in [2.05, 4.69) is 0 Å². The van der Waals surface area contributed by atoms with E-state index in [9.17, 15) is 0 Å². The van der Waals surface area contributed by atoms with Crippen LogP contribution in [0.15, 0.2) is 30.3 Å². The maximum absolute atomic E-state index is 5.51. The van der Waals surface area contributed by atoms with Crippen molar-refractivity contribution in [1.82, 2.24) is 0 Å². The summed E-state index contributed by atoms with van der Waals surface area (Å²) >= 11 is 0. The Morgan fingerprint density at radius 3 is 1.95 bits per heavy atom. The Labute approximate surface area is 127 Å². The van der Waals surface area contributed by atoms with Crippen LogP contribution in [-0.2, 0) is 30.3 Å². The predicted octanol–water partition coefficient (Wildman–Crippen LogP) is 2.25. The summed E-state index contributed by atoms with van der Waals surface area (Å²) in [5.74, 6) is 0. The topological polar surface area (TPSA) is 46.2 Å². The van der Waals surface area contributed by atoms with E-state index in [1.807, 2.05) is 30.3 Å². The summed E-state index contributed by atoms with van der Waals surface area (Å²) in [5, 5.41) is 0. The molecular weight excluding hydrogens is 272 g/mol. The Morgan fingerprint density at radius 2 is 1.33 bits per heavy atom. The van der Waals surface area contributed by atoms with Gasteiger partial charge in [-0.05, 0) is 5.56 Å². The molecule has 5 nitrogen and oxygen atoms in total. The van der Waals surface area contributed by atoms with Crippen LogP contribution < -0.4 is 0 Å². The Balaban J connectivity index is 1.82. The fourth-order valence-corrected chi connectivity index (χ4v) is 1.72. The molecule has 21 heavy (non-hydrogen) atoms. The van der Waals surface area contributed by atoms with Crippen molar-refractivity contribution >= 4 is 0 Å². The Hall–Kier alpha value is -0.980. The fourth-order valence-electron chi connectivity index (χ4n) is 1.72. The highest BCUT2D eigenvalue weighted by Gasteiger charge is 2.03. The molecule has 0 radical (unpaired) electrons. The minimum Gasteiger partial charge on any atom is -0.379 e. The summed E-state index contributed by atoms with van der Waals surface area (Å²) in [4.78, 5) is 0. The van der Waals surface area contributed by atoms with Crippen molar-refractivity contribution in [3.8, 4) is 0 Å². The Bertz CT molecular complexity index is 327. The molecule has 0 aromatic heterocycles. The average Bonchev–Trinajstić information content (AvgIpc) is 2.54. The minimum absolute atomic E-state index is 0.197. The summed E-state index contributed by atoms with van der Waals surface area (Å²) in [7, 11) is 3.24. The summed E-state index contributed by atoms with van der Waals surface area (Å²) in [6, 6.07) is 10.1. The predicted molar refractivity (Wildman–Crippen MR) is 80.2 cm³/mol. The number of methoxy groups -OCH3 is 2. The van der Waals surface area contributed by atoms with Gasteiger partial charge in [-0.25, -0.2) is 0 Å². The number of benzene rings is 1. The van der Waals surface area contributed by atoms with Crippen LogP contribution in [0.3, 0.4) is 0 Å². The molecular formula is C16H26O5. The standard InChI is InChI=1S/C16H26O5/c1-17-16(18-2)8-9-19-10-11-20-12-13-21-14-15-6-4-3-5-7-15/h3-7,16H,8-14H2,1-2H3. The largest absolute Gasteiger partial charge is 0.379 e. The summed E-state index contributed by atoms with van der Waals surface area (Å²) in [6.45, 7) is 3.52. The zero-order valence-corrected chi connectivity index (χ0v) is 13.0. The van der Waals surface area contributed by atoms with E-state index in [4.69, 9.17) is 23.7 Å². The van der Waals surface area contributed by atoms with Gasteiger partial charge in [-0.2, -0.15) is 0 Å². The molecule has 0 spiro atoms. The first-order chi connectivity index (χ1) is 10.4. The Kier molecular flexibility index (Phi) is 11.0. The highest BCUT2D eigenvalue weighted by atomic mass is 16.7. The van der Waals surface area contributed by atoms with Crippen LogP contribution in [-0.4, -0.2) is 53.5 Å². The second-order valence-corrected chi connectivity index (χ2v) is 4.45. The van der Waals surface area contributed by atoms with Gasteiger partial charge < -0.3 is 23.7 Å². The van der Waals surface area contributed by atoms with E-state index < -0.39 is 0 Å². The highest BCUT2D eigenvalue weighted by molar-refractivity contribution is 5.13. The smallest absolute Gasteiger partial charge is 0.159 e. The normalized spacial score (nSPS) is 11.2. The zero-order valence-electron chi connectivity index (χ0n) is 13.0. The van der Waals surface area contributed by atoms with Crippen molar-refractivity contribution in [3.63, 3.8) is 0 Å². The van der Waals surface area contributed by atoms with Gasteiger partial charge in [-0.1, -0.05) is 30.3 Å². The van der Waals surface area contributed by atoms with Crippen molar-refractivity contribution in [3.05, 3.63) is 35.9 Å². The van der Waals surface area contributed by atoms with Gasteiger partial charge in [0.15, 0.2) is 6.29 Å². The molecule has 0 aliphatic rings. The molecule has 0 heterocycles. The fraction of sp³-hybridized carbons (Fsp3) is 0.625. The van der Waals surface area contributed by atoms with Crippen molar-refractivity contribution in [1.29, 1.82) is 0 Å². The third-order valence-corrected chi connectivity index (χ3v) is 2.88. The van der Waals surface area contributed by atoms with Gasteiger partial charge in [0.05, 0.1) is 39.6 Å². The van der Waals surface area contributed by atoms with Crippen LogP contribution in [0.2, 0.25) is 0 Å². The molecule has 0 aliphatic carbocycles. The average molecular weight is 298 g/mol. The number of rotatable bonds is 13. The van der Waals surface area contributed by atoms with E-state index in [-0.39, 0.29) is 6.29 Å². The van der Waals surface area contributed by atoms with Gasteiger partial charge in [0.2, 0.25) is 0 Å². The Morgan fingerprint density at radius 1 is 0.762 bits per heavy atom. The van der Waals surface area contributed by atoms with E-state index >= 15 is 0 Å².